The second-order valence-corrected chi connectivity index (χ2v) is 11.4. The number of nitrogens with zero attached hydrogens (tertiary/aromatic N) is 7. The molecule has 0 spiro atoms. The number of nitrogens with one attached hydrogen (secondary N) is 7. The van der Waals surface area contributed by atoms with Crippen molar-refractivity contribution in [2.24, 2.45) is 35.8 Å². The number of hydrogen-bond acceptors (Lipinski definition) is 19. The van der Waals surface area contributed by atoms with Crippen LogP contribution >= 0.6 is 23.5 Å². The quantitative estimate of drug-likeness (QED) is 0.113. The van der Waals surface area contributed by atoms with Crippen LogP contribution in [0.2, 0.25) is 0 Å². The summed E-state index contributed by atoms with van der Waals surface area (Å²) < 4.78 is 9.31. The summed E-state index contributed by atoms with van der Waals surface area (Å²) in [5, 5.41) is 26.6. The first kappa shape index (κ1) is 142. The van der Waals surface area contributed by atoms with Crippen LogP contribution in [0.5, 0.6) is 0 Å². The van der Waals surface area contributed by atoms with E-state index < -0.39 is 0 Å². The van der Waals surface area contributed by atoms with Crippen LogP contribution in [0.3, 0.4) is 0 Å². The molecule has 10 rings (SSSR count). The molecule has 560 valence electrons. The Bertz CT molecular complexity index is 733. The lowest BCUT2D eigenvalue weighted by molar-refractivity contribution is 0.174. The Balaban J connectivity index is -0.0000000317. The Hall–Kier alpha value is -4.23. The molecule has 90 heavy (non-hydrogen) atoms. The fourth-order valence-corrected chi connectivity index (χ4v) is 4.18. The molecule has 0 unspecified atom stereocenters. The zero-order chi connectivity index (χ0) is 75.4. The third-order valence-electron chi connectivity index (χ3n) is 5.47. The predicted octanol–water partition coefficient (Wildman–Crippen LogP) is 24.4. The smallest absolute Gasteiger partial charge is 0.194 e. The van der Waals surface area contributed by atoms with E-state index in [0.29, 0.717) is 13.4 Å². The Morgan fingerprint density at radius 2 is 0.944 bits per heavy atom. The molecular weight excluding hydrogens is 1160 g/mol. The molecule has 9 heterocycles. The monoisotopic (exact) mass is 1340 g/mol. The number of hydrazine groups is 1. The summed E-state index contributed by atoms with van der Waals surface area (Å²) >= 11 is 3.56. The fraction of sp³-hybridized carbons (Fsp3) is 0.817. The standard InChI is InChI=1S/C5H8.C4H7N.C4H6O.C4H6S.C3H6N2.C3H5NO.2C2H5N3.C2H4N2O.C2H4N2S.20C2H6/c6*1-2-4-5-3-1;1-3-2-5-4-1;1-2-4-5-3-1;2*1-3-4-2-5-1;20*1-2/h1-2H,3-5H2;1,3,5H,2,4H2;2*1,3H,2,4H2;2,5H,1,3H2;2H,1,3H2;1,5H,2H2,(H,3,4);1-2H2,(H,3,4);2*1,4H,2H2;20*1-2H3. The topological polar surface area (TPSA) is 198 Å². The summed E-state index contributed by atoms with van der Waals surface area (Å²) in [6.45, 7) is 86.8. The SMILES string of the molecule is C1=CCCC1.C1=CNCC1.C1=COCC1.C1=CSCC1.C1=NCNN1.C1=NNCC1.C1=NNCO1.C1=NNCS1.C1=NOCC1.C1CNN=N1.CC.CC.CC.CC.CC.CC.CC.CC.CC.CC.CC.CC.CC.CC.CC.CC.CC.CC.CC.CC. The van der Waals surface area contributed by atoms with Gasteiger partial charge < -0.3 is 30.5 Å². The third kappa shape index (κ3) is 274. The molecule has 0 aromatic rings. The molecule has 0 aromatic heterocycles. The highest BCUT2D eigenvalue weighted by atomic mass is 32.2. The van der Waals surface area contributed by atoms with Crippen LogP contribution in [-0.2, 0) is 14.3 Å². The van der Waals surface area contributed by atoms with E-state index in [1.165, 1.54) is 44.3 Å². The summed E-state index contributed by atoms with van der Waals surface area (Å²) in [5.41, 5.74) is 18.0. The van der Waals surface area contributed by atoms with Gasteiger partial charge in [0.15, 0.2) is 13.1 Å². The molecule has 9 aliphatic heterocycles. The van der Waals surface area contributed by atoms with E-state index >= 15 is 0 Å². The average Bonchev–Trinajstić information content (AvgIpc) is 4.52. The van der Waals surface area contributed by atoms with Gasteiger partial charge in [-0.15, -0.1) is 16.9 Å². The zero-order valence-electron chi connectivity index (χ0n) is 68.9. The van der Waals surface area contributed by atoms with Gasteiger partial charge in [-0.25, -0.2) is 5.43 Å². The second kappa shape index (κ2) is 284. The number of thioether (sulfide) groups is 2. The molecule has 0 fully saturated rings. The summed E-state index contributed by atoms with van der Waals surface area (Å²) in [6, 6.07) is 0. The molecule has 0 atom stereocenters. The summed E-state index contributed by atoms with van der Waals surface area (Å²) in [5.74, 6) is 2.25. The molecule has 0 amide bonds. The Morgan fingerprint density at radius 1 is 0.411 bits per heavy atom. The van der Waals surface area contributed by atoms with Crippen molar-refractivity contribution in [1.29, 1.82) is 0 Å². The first-order valence-corrected chi connectivity index (χ1v) is 38.8. The highest BCUT2D eigenvalue weighted by molar-refractivity contribution is 8.12. The van der Waals surface area contributed by atoms with Gasteiger partial charge in [0, 0.05) is 50.5 Å². The average molecular weight is 1340 g/mol. The maximum atomic E-state index is 4.76. The van der Waals surface area contributed by atoms with Crippen molar-refractivity contribution in [2.75, 3.05) is 64.4 Å². The van der Waals surface area contributed by atoms with Crippen molar-refractivity contribution in [3.8, 4) is 0 Å². The van der Waals surface area contributed by atoms with Crippen LogP contribution in [0, 0.1) is 0 Å². The van der Waals surface area contributed by atoms with Gasteiger partial charge in [0.05, 0.1) is 43.7 Å². The molecular formula is C71H176N14O3S2. The van der Waals surface area contributed by atoms with Gasteiger partial charge in [-0.3, -0.25) is 21.3 Å². The lowest BCUT2D eigenvalue weighted by Crippen LogP contribution is -2.22. The third-order valence-corrected chi connectivity index (χ3v) is 6.88. The van der Waals surface area contributed by atoms with Gasteiger partial charge in [-0.2, -0.15) is 15.3 Å². The maximum absolute atomic E-state index is 4.76. The number of ether oxygens (including phenoxy) is 2. The van der Waals surface area contributed by atoms with Crippen molar-refractivity contribution in [3.63, 3.8) is 0 Å². The molecule has 1 aliphatic carbocycles. The predicted molar refractivity (Wildman–Crippen MR) is 437 cm³/mol. The van der Waals surface area contributed by atoms with Gasteiger partial charge in [-0.05, 0) is 49.8 Å². The molecule has 17 nitrogen and oxygen atoms in total. The number of allylic oxidation sites excluding steroid dienone is 3. The van der Waals surface area contributed by atoms with E-state index in [1.54, 1.807) is 36.1 Å². The molecule has 19 heteroatoms. The normalized spacial score (nSPS) is 12.1. The van der Waals surface area contributed by atoms with E-state index in [4.69, 9.17) is 4.74 Å². The minimum Gasteiger partial charge on any atom is -0.501 e. The number of rotatable bonds is 0. The minimum absolute atomic E-state index is 0.528. The molecule has 7 N–H and O–H groups in total. The first-order valence-electron chi connectivity index (χ1n) is 36.7. The van der Waals surface area contributed by atoms with E-state index in [1.807, 2.05) is 307 Å². The van der Waals surface area contributed by atoms with Crippen LogP contribution in [0.4, 0.5) is 0 Å². The number of oxime groups is 1. The van der Waals surface area contributed by atoms with E-state index in [9.17, 15) is 0 Å². The maximum Gasteiger partial charge on any atom is 0.194 e. The zero-order valence-corrected chi connectivity index (χ0v) is 70.5. The van der Waals surface area contributed by atoms with E-state index in [-0.39, 0.29) is 0 Å². The Morgan fingerprint density at radius 3 is 1.06 bits per heavy atom. The van der Waals surface area contributed by atoms with Gasteiger partial charge in [-0.1, -0.05) is 323 Å². The number of hydrogen-bond donors (Lipinski definition) is 7. The lowest BCUT2D eigenvalue weighted by Gasteiger charge is -1.80. The number of hydrazone groups is 3. The first-order chi connectivity index (χ1) is 45.0. The summed E-state index contributed by atoms with van der Waals surface area (Å²) in [4.78, 5) is 8.25. The highest BCUT2D eigenvalue weighted by Crippen LogP contribution is 2.11. The fourth-order valence-electron chi connectivity index (χ4n) is 3.12. The second-order valence-electron chi connectivity index (χ2n) is 9.60. The van der Waals surface area contributed by atoms with Gasteiger partial charge in [0.25, 0.3) is 0 Å². The van der Waals surface area contributed by atoms with E-state index in [0.717, 1.165) is 64.5 Å². The largest absolute Gasteiger partial charge is 0.501 e. The minimum atomic E-state index is 0.528. The van der Waals surface area contributed by atoms with Crippen LogP contribution in [0.25, 0.3) is 0 Å². The van der Waals surface area contributed by atoms with Crippen molar-refractivity contribution in [1.82, 2.24) is 37.9 Å². The van der Waals surface area contributed by atoms with Gasteiger partial charge in [0.1, 0.15) is 13.3 Å². The molecule has 0 saturated heterocycles. The Kier molecular flexibility index (Phi) is 450. The van der Waals surface area contributed by atoms with Crippen LogP contribution in [-0.4, -0.2) is 95.1 Å². The van der Waals surface area contributed by atoms with E-state index in [2.05, 4.69) is 113 Å². The van der Waals surface area contributed by atoms with Crippen molar-refractivity contribution in [2.45, 2.75) is 328 Å². The molecule has 0 saturated carbocycles. The van der Waals surface area contributed by atoms with Gasteiger partial charge >= 0.3 is 0 Å². The number of aliphatic imine (C=N–C) groups is 1. The van der Waals surface area contributed by atoms with Crippen LogP contribution in [0.15, 0.2) is 84.0 Å². The summed E-state index contributed by atoms with van der Waals surface area (Å²) in [7, 11) is 0. The van der Waals surface area contributed by atoms with Crippen LogP contribution < -0.4 is 37.9 Å². The molecule has 10 aliphatic rings. The van der Waals surface area contributed by atoms with Crippen molar-refractivity contribution < 1.29 is 14.3 Å². The molecule has 0 aromatic carbocycles. The lowest BCUT2D eigenvalue weighted by atomic mass is 10.4. The molecule has 0 radical (unpaired) electrons. The Labute approximate surface area is 580 Å². The van der Waals surface area contributed by atoms with Crippen molar-refractivity contribution in [3.05, 3.63) is 48.3 Å². The highest BCUT2D eigenvalue weighted by Gasteiger charge is 1.88. The molecule has 0 bridgehead atoms. The van der Waals surface area contributed by atoms with Crippen molar-refractivity contribution >= 4 is 54.2 Å². The van der Waals surface area contributed by atoms with Crippen LogP contribution in [0.1, 0.15) is 328 Å². The summed E-state index contributed by atoms with van der Waals surface area (Å²) in [6.07, 6.45) is 30.9. The van der Waals surface area contributed by atoms with Gasteiger partial charge in [0.2, 0.25) is 0 Å².